The number of fused-ring (bicyclic) bond motifs is 1. The highest BCUT2D eigenvalue weighted by molar-refractivity contribution is 5.88. The van der Waals surface area contributed by atoms with Gasteiger partial charge < -0.3 is 0 Å². The average Bonchev–Trinajstić information content (AvgIpc) is 3.05. The number of rotatable bonds is 3. The Balaban J connectivity index is 1.94. The van der Waals surface area contributed by atoms with Gasteiger partial charge in [-0.05, 0) is 29.3 Å². The largest absolute Gasteiger partial charge is 0.298 e. The van der Waals surface area contributed by atoms with E-state index in [1.54, 1.807) is 0 Å². The summed E-state index contributed by atoms with van der Waals surface area (Å²) in [5, 5.41) is 0. The van der Waals surface area contributed by atoms with E-state index in [-0.39, 0.29) is 0 Å². The van der Waals surface area contributed by atoms with E-state index in [9.17, 15) is 0 Å². The zero-order valence-corrected chi connectivity index (χ0v) is 12.6. The maximum atomic E-state index is 4.53. The molecule has 0 atom stereocenters. The van der Waals surface area contributed by atoms with Crippen molar-refractivity contribution in [3.05, 3.63) is 102 Å². The molecule has 23 heavy (non-hydrogen) atoms. The molecule has 0 bridgehead atoms. The van der Waals surface area contributed by atoms with Crippen LogP contribution in [0.15, 0.2) is 91.3 Å². The molecule has 0 fully saturated rings. The molecule has 110 valence electrons. The van der Waals surface area contributed by atoms with Gasteiger partial charge in [0.25, 0.3) is 0 Å². The number of nitrogens with zero attached hydrogens (tertiary/aromatic N) is 2. The first kappa shape index (κ1) is 13.5. The third kappa shape index (κ3) is 2.67. The topological polar surface area (TPSA) is 17.8 Å². The minimum atomic E-state index is 1.00. The molecular formula is C21H16N2. The Hall–Kier alpha value is -3.13. The van der Waals surface area contributed by atoms with Crippen LogP contribution in [-0.2, 0) is 0 Å². The molecule has 0 saturated carbocycles. The lowest BCUT2D eigenvalue weighted by atomic mass is 10.1. The van der Waals surface area contributed by atoms with Crippen molar-refractivity contribution in [2.75, 3.05) is 0 Å². The van der Waals surface area contributed by atoms with Crippen LogP contribution in [0.25, 0.3) is 22.8 Å². The predicted octanol–water partition coefficient (Wildman–Crippen LogP) is 5.08. The van der Waals surface area contributed by atoms with E-state index in [1.807, 2.05) is 36.7 Å². The number of para-hydroxylation sites is 2. The molecule has 0 unspecified atom stereocenters. The molecule has 0 spiro atoms. The van der Waals surface area contributed by atoms with Crippen LogP contribution in [0.5, 0.6) is 0 Å². The van der Waals surface area contributed by atoms with Crippen LogP contribution in [0, 0.1) is 0 Å². The van der Waals surface area contributed by atoms with Crippen LogP contribution in [0.3, 0.4) is 0 Å². The SMILES string of the molecule is C(=C(c1ccccc1)n1cnc2ccccc21)c1ccccc1. The highest BCUT2D eigenvalue weighted by Crippen LogP contribution is 2.24. The number of imidazole rings is 1. The van der Waals surface area contributed by atoms with Gasteiger partial charge in [-0.1, -0.05) is 72.8 Å². The minimum Gasteiger partial charge on any atom is -0.298 e. The van der Waals surface area contributed by atoms with Crippen LogP contribution in [0.4, 0.5) is 0 Å². The monoisotopic (exact) mass is 296 g/mol. The van der Waals surface area contributed by atoms with Crippen molar-refractivity contribution in [2.45, 2.75) is 0 Å². The Bertz CT molecular complexity index is 951. The molecule has 0 saturated heterocycles. The second-order valence-electron chi connectivity index (χ2n) is 5.41. The molecule has 4 rings (SSSR count). The molecule has 0 amide bonds. The summed E-state index contributed by atoms with van der Waals surface area (Å²) in [6.45, 7) is 0. The molecule has 0 N–H and O–H groups in total. The van der Waals surface area contributed by atoms with Crippen molar-refractivity contribution in [3.63, 3.8) is 0 Å². The zero-order valence-electron chi connectivity index (χ0n) is 12.6. The van der Waals surface area contributed by atoms with Gasteiger partial charge in [0, 0.05) is 0 Å². The fraction of sp³-hybridized carbons (Fsp3) is 0. The van der Waals surface area contributed by atoms with Gasteiger partial charge in [-0.25, -0.2) is 4.98 Å². The van der Waals surface area contributed by atoms with E-state index >= 15 is 0 Å². The van der Waals surface area contributed by atoms with E-state index in [2.05, 4.69) is 70.2 Å². The molecule has 0 aliphatic heterocycles. The summed E-state index contributed by atoms with van der Waals surface area (Å²) in [4.78, 5) is 4.53. The lowest BCUT2D eigenvalue weighted by molar-refractivity contribution is 1.13. The second-order valence-corrected chi connectivity index (χ2v) is 5.41. The molecule has 0 radical (unpaired) electrons. The molecule has 3 aromatic carbocycles. The van der Waals surface area contributed by atoms with E-state index < -0.39 is 0 Å². The predicted molar refractivity (Wildman–Crippen MR) is 95.9 cm³/mol. The Labute approximate surface area is 135 Å². The van der Waals surface area contributed by atoms with Crippen molar-refractivity contribution in [1.29, 1.82) is 0 Å². The van der Waals surface area contributed by atoms with E-state index in [0.29, 0.717) is 0 Å². The Morgan fingerprint density at radius 3 is 2.17 bits per heavy atom. The maximum Gasteiger partial charge on any atom is 0.100 e. The minimum absolute atomic E-state index is 1.00. The highest BCUT2D eigenvalue weighted by atomic mass is 15.1. The highest BCUT2D eigenvalue weighted by Gasteiger charge is 2.08. The number of benzene rings is 3. The summed E-state index contributed by atoms with van der Waals surface area (Å²) in [6.07, 6.45) is 4.09. The molecule has 1 aromatic heterocycles. The van der Waals surface area contributed by atoms with Gasteiger partial charge in [0.05, 0.1) is 16.7 Å². The molecule has 0 aliphatic rings. The summed E-state index contributed by atoms with van der Waals surface area (Å²) in [5.41, 5.74) is 5.56. The van der Waals surface area contributed by atoms with Crippen molar-refractivity contribution in [3.8, 4) is 0 Å². The molecule has 2 nitrogen and oxygen atoms in total. The van der Waals surface area contributed by atoms with Gasteiger partial charge in [-0.15, -0.1) is 0 Å². The van der Waals surface area contributed by atoms with Crippen molar-refractivity contribution < 1.29 is 0 Å². The smallest absolute Gasteiger partial charge is 0.100 e. The van der Waals surface area contributed by atoms with Crippen LogP contribution >= 0.6 is 0 Å². The Kier molecular flexibility index (Phi) is 3.49. The van der Waals surface area contributed by atoms with Crippen LogP contribution in [0.2, 0.25) is 0 Å². The number of hydrogen-bond acceptors (Lipinski definition) is 1. The summed E-state index contributed by atoms with van der Waals surface area (Å²) in [6, 6.07) is 29.0. The molecule has 1 heterocycles. The Morgan fingerprint density at radius 2 is 1.39 bits per heavy atom. The van der Waals surface area contributed by atoms with Crippen molar-refractivity contribution in [1.82, 2.24) is 9.55 Å². The fourth-order valence-electron chi connectivity index (χ4n) is 2.76. The first-order valence-corrected chi connectivity index (χ1v) is 7.66. The lowest BCUT2D eigenvalue weighted by Crippen LogP contribution is -1.97. The van der Waals surface area contributed by atoms with E-state index in [4.69, 9.17) is 0 Å². The van der Waals surface area contributed by atoms with Gasteiger partial charge in [-0.2, -0.15) is 0 Å². The normalized spacial score (nSPS) is 11.7. The first-order chi connectivity index (χ1) is 11.4. The lowest BCUT2D eigenvalue weighted by Gasteiger charge is -2.11. The summed E-state index contributed by atoms with van der Waals surface area (Å²) in [5.74, 6) is 0. The van der Waals surface area contributed by atoms with Gasteiger partial charge in [0.15, 0.2) is 0 Å². The van der Waals surface area contributed by atoms with Crippen molar-refractivity contribution in [2.24, 2.45) is 0 Å². The fourth-order valence-corrected chi connectivity index (χ4v) is 2.76. The standard InChI is InChI=1S/C21H16N2/c1-3-9-17(10-4-1)15-21(18-11-5-2-6-12-18)23-16-22-19-13-7-8-14-20(19)23/h1-16H. The molecular weight excluding hydrogens is 280 g/mol. The van der Waals surface area contributed by atoms with Gasteiger partial charge in [-0.3, -0.25) is 4.57 Å². The second kappa shape index (κ2) is 5.93. The summed E-state index contributed by atoms with van der Waals surface area (Å²) < 4.78 is 2.15. The number of hydrogen-bond donors (Lipinski definition) is 0. The zero-order chi connectivity index (χ0) is 15.5. The third-order valence-electron chi connectivity index (χ3n) is 3.89. The Morgan fingerprint density at radius 1 is 0.739 bits per heavy atom. The summed E-state index contributed by atoms with van der Waals surface area (Å²) >= 11 is 0. The quantitative estimate of drug-likeness (QED) is 0.482. The van der Waals surface area contributed by atoms with Crippen LogP contribution in [-0.4, -0.2) is 9.55 Å². The van der Waals surface area contributed by atoms with Crippen LogP contribution in [0.1, 0.15) is 11.1 Å². The molecule has 0 aliphatic carbocycles. The average molecular weight is 296 g/mol. The van der Waals surface area contributed by atoms with Gasteiger partial charge in [0.1, 0.15) is 6.33 Å². The molecule has 2 heteroatoms. The van der Waals surface area contributed by atoms with Crippen molar-refractivity contribution >= 4 is 22.8 Å². The maximum absolute atomic E-state index is 4.53. The van der Waals surface area contributed by atoms with E-state index in [1.165, 1.54) is 11.1 Å². The first-order valence-electron chi connectivity index (χ1n) is 7.66. The van der Waals surface area contributed by atoms with Crippen LogP contribution < -0.4 is 0 Å². The third-order valence-corrected chi connectivity index (χ3v) is 3.89. The molecule has 4 aromatic rings. The van der Waals surface area contributed by atoms with Gasteiger partial charge in [0.2, 0.25) is 0 Å². The van der Waals surface area contributed by atoms with E-state index in [0.717, 1.165) is 16.7 Å². The van der Waals surface area contributed by atoms with Gasteiger partial charge >= 0.3 is 0 Å². The number of aromatic nitrogens is 2. The summed E-state index contributed by atoms with van der Waals surface area (Å²) in [7, 11) is 0.